The average molecular weight is 351 g/mol. The van der Waals surface area contributed by atoms with Gasteiger partial charge in [0, 0.05) is 16.9 Å². The molecule has 5 rings (SSSR count). The molecule has 132 valence electrons. The van der Waals surface area contributed by atoms with Gasteiger partial charge in [0.2, 0.25) is 0 Å². The second kappa shape index (κ2) is 6.33. The van der Waals surface area contributed by atoms with Crippen molar-refractivity contribution in [1.29, 1.82) is 0 Å². The lowest BCUT2D eigenvalue weighted by Crippen LogP contribution is -2.40. The SMILES string of the molecule is OC1(c2ccccc2)CC(c2nc(-c3ccccc3)cc3ccccc23)C1. The van der Waals surface area contributed by atoms with Crippen LogP contribution in [0.3, 0.4) is 0 Å². The summed E-state index contributed by atoms with van der Waals surface area (Å²) in [5.74, 6) is 0.267. The maximum Gasteiger partial charge on any atom is 0.0909 e. The lowest BCUT2D eigenvalue weighted by Gasteiger charge is -2.44. The minimum absolute atomic E-state index is 0.267. The van der Waals surface area contributed by atoms with Crippen molar-refractivity contribution in [3.05, 3.63) is 102 Å². The first kappa shape index (κ1) is 16.2. The number of hydrogen-bond donors (Lipinski definition) is 1. The van der Waals surface area contributed by atoms with Crippen LogP contribution in [0.2, 0.25) is 0 Å². The monoisotopic (exact) mass is 351 g/mol. The third kappa shape index (κ3) is 2.83. The number of aromatic nitrogens is 1. The minimum atomic E-state index is -0.739. The first-order valence-electron chi connectivity index (χ1n) is 9.46. The summed E-state index contributed by atoms with van der Waals surface area (Å²) in [6.07, 6.45) is 1.43. The van der Waals surface area contributed by atoms with E-state index in [0.29, 0.717) is 12.8 Å². The van der Waals surface area contributed by atoms with E-state index in [1.54, 1.807) is 0 Å². The molecule has 0 unspecified atom stereocenters. The molecule has 0 atom stereocenters. The molecule has 2 heteroatoms. The normalized spacial score (nSPS) is 21.7. The largest absolute Gasteiger partial charge is 0.385 e. The van der Waals surface area contributed by atoms with Crippen LogP contribution in [0.1, 0.15) is 30.0 Å². The van der Waals surface area contributed by atoms with Crippen molar-refractivity contribution in [1.82, 2.24) is 4.98 Å². The Balaban J connectivity index is 1.56. The summed E-state index contributed by atoms with van der Waals surface area (Å²) in [5.41, 5.74) is 3.50. The first-order chi connectivity index (χ1) is 13.2. The number of fused-ring (bicyclic) bond motifs is 1. The number of rotatable bonds is 3. The maximum absolute atomic E-state index is 11.0. The number of benzene rings is 3. The van der Waals surface area contributed by atoms with E-state index >= 15 is 0 Å². The molecule has 4 aromatic rings. The second-order valence-electron chi connectivity index (χ2n) is 7.48. The van der Waals surface area contributed by atoms with Gasteiger partial charge < -0.3 is 5.11 Å². The molecule has 1 N–H and O–H groups in total. The van der Waals surface area contributed by atoms with Crippen LogP contribution < -0.4 is 0 Å². The molecule has 27 heavy (non-hydrogen) atoms. The molecule has 0 amide bonds. The van der Waals surface area contributed by atoms with Crippen molar-refractivity contribution in [2.75, 3.05) is 0 Å². The Kier molecular flexibility index (Phi) is 3.80. The molecule has 3 aromatic carbocycles. The molecule has 2 nitrogen and oxygen atoms in total. The second-order valence-corrected chi connectivity index (χ2v) is 7.48. The fourth-order valence-corrected chi connectivity index (χ4v) is 4.23. The molecule has 1 aliphatic rings. The van der Waals surface area contributed by atoms with Crippen molar-refractivity contribution in [3.8, 4) is 11.3 Å². The van der Waals surface area contributed by atoms with Gasteiger partial charge in [-0.3, -0.25) is 4.98 Å². The van der Waals surface area contributed by atoms with Crippen LogP contribution >= 0.6 is 0 Å². The van der Waals surface area contributed by atoms with E-state index in [2.05, 4.69) is 42.5 Å². The summed E-state index contributed by atoms with van der Waals surface area (Å²) in [6.45, 7) is 0. The molecule has 0 bridgehead atoms. The topological polar surface area (TPSA) is 33.1 Å². The fourth-order valence-electron chi connectivity index (χ4n) is 4.23. The molecule has 1 saturated carbocycles. The zero-order chi connectivity index (χ0) is 18.3. The summed E-state index contributed by atoms with van der Waals surface area (Å²) < 4.78 is 0. The Labute approximate surface area is 159 Å². The summed E-state index contributed by atoms with van der Waals surface area (Å²) >= 11 is 0. The van der Waals surface area contributed by atoms with Gasteiger partial charge in [-0.2, -0.15) is 0 Å². The number of hydrogen-bond acceptors (Lipinski definition) is 2. The van der Waals surface area contributed by atoms with Crippen molar-refractivity contribution in [2.24, 2.45) is 0 Å². The van der Waals surface area contributed by atoms with Crippen LogP contribution in [0.25, 0.3) is 22.0 Å². The number of nitrogens with zero attached hydrogens (tertiary/aromatic N) is 1. The Morgan fingerprint density at radius 1 is 0.778 bits per heavy atom. The highest BCUT2D eigenvalue weighted by Crippen LogP contribution is 2.51. The van der Waals surface area contributed by atoms with Crippen LogP contribution in [0.15, 0.2) is 91.0 Å². The van der Waals surface area contributed by atoms with Gasteiger partial charge >= 0.3 is 0 Å². The van der Waals surface area contributed by atoms with Crippen molar-refractivity contribution in [3.63, 3.8) is 0 Å². The predicted molar refractivity (Wildman–Crippen MR) is 109 cm³/mol. The van der Waals surface area contributed by atoms with Gasteiger partial charge in [0.05, 0.1) is 17.0 Å². The smallest absolute Gasteiger partial charge is 0.0909 e. The molecule has 1 fully saturated rings. The maximum atomic E-state index is 11.0. The molecule has 0 radical (unpaired) electrons. The van der Waals surface area contributed by atoms with Gasteiger partial charge in [-0.15, -0.1) is 0 Å². The van der Waals surface area contributed by atoms with Gasteiger partial charge in [-0.1, -0.05) is 84.9 Å². The van der Waals surface area contributed by atoms with Crippen LogP contribution in [-0.4, -0.2) is 10.1 Å². The third-order valence-corrected chi connectivity index (χ3v) is 5.71. The Morgan fingerprint density at radius 2 is 1.41 bits per heavy atom. The highest BCUT2D eigenvalue weighted by atomic mass is 16.3. The zero-order valence-electron chi connectivity index (χ0n) is 15.0. The van der Waals surface area contributed by atoms with Crippen molar-refractivity contribution >= 4 is 10.8 Å². The first-order valence-corrected chi connectivity index (χ1v) is 9.46. The van der Waals surface area contributed by atoms with E-state index in [1.807, 2.05) is 48.5 Å². The standard InChI is InChI=1S/C25H21NO/c27-25(21-12-5-2-6-13-21)16-20(17-25)24-22-14-8-7-11-19(22)15-23(26-24)18-9-3-1-4-10-18/h1-15,20,27H,16-17H2. The molecule has 0 saturated heterocycles. The highest BCUT2D eigenvalue weighted by molar-refractivity contribution is 5.88. The minimum Gasteiger partial charge on any atom is -0.385 e. The van der Waals surface area contributed by atoms with Crippen LogP contribution in [0, 0.1) is 0 Å². The molecular weight excluding hydrogens is 330 g/mol. The molecular formula is C25H21NO. The summed E-state index contributed by atoms with van der Waals surface area (Å²) in [4.78, 5) is 5.04. The quantitative estimate of drug-likeness (QED) is 0.516. The van der Waals surface area contributed by atoms with Crippen LogP contribution in [-0.2, 0) is 5.60 Å². The van der Waals surface area contributed by atoms with Gasteiger partial charge in [0.1, 0.15) is 0 Å². The van der Waals surface area contributed by atoms with E-state index in [9.17, 15) is 5.11 Å². The van der Waals surface area contributed by atoms with Gasteiger partial charge in [-0.05, 0) is 29.9 Å². The van der Waals surface area contributed by atoms with Crippen molar-refractivity contribution in [2.45, 2.75) is 24.4 Å². The predicted octanol–water partition coefficient (Wildman–Crippen LogP) is 5.67. The molecule has 1 aliphatic carbocycles. The van der Waals surface area contributed by atoms with E-state index in [4.69, 9.17) is 4.98 Å². The number of pyridine rings is 1. The van der Waals surface area contributed by atoms with Gasteiger partial charge in [0.25, 0.3) is 0 Å². The highest BCUT2D eigenvalue weighted by Gasteiger charge is 2.45. The lowest BCUT2D eigenvalue weighted by atomic mass is 9.65. The Hall–Kier alpha value is -2.97. The average Bonchev–Trinajstić information content (AvgIpc) is 2.72. The van der Waals surface area contributed by atoms with Crippen LogP contribution in [0.5, 0.6) is 0 Å². The Bertz CT molecular complexity index is 1080. The molecule has 1 aromatic heterocycles. The molecule has 0 aliphatic heterocycles. The van der Waals surface area contributed by atoms with Gasteiger partial charge in [-0.25, -0.2) is 0 Å². The van der Waals surface area contributed by atoms with E-state index in [-0.39, 0.29) is 5.92 Å². The van der Waals surface area contributed by atoms with E-state index < -0.39 is 5.60 Å². The lowest BCUT2D eigenvalue weighted by molar-refractivity contribution is -0.0555. The third-order valence-electron chi connectivity index (χ3n) is 5.71. The summed E-state index contributed by atoms with van der Waals surface area (Å²) in [7, 11) is 0. The van der Waals surface area contributed by atoms with Crippen LogP contribution in [0.4, 0.5) is 0 Å². The van der Waals surface area contributed by atoms with E-state index in [0.717, 1.165) is 22.5 Å². The number of aliphatic hydroxyl groups is 1. The molecule has 0 spiro atoms. The summed E-state index contributed by atoms with van der Waals surface area (Å²) in [5, 5.41) is 13.4. The molecule has 1 heterocycles. The van der Waals surface area contributed by atoms with Gasteiger partial charge in [0.15, 0.2) is 0 Å². The fraction of sp³-hybridized carbons (Fsp3) is 0.160. The van der Waals surface area contributed by atoms with Crippen molar-refractivity contribution < 1.29 is 5.11 Å². The van der Waals surface area contributed by atoms with E-state index in [1.165, 1.54) is 10.8 Å². The summed E-state index contributed by atoms with van der Waals surface area (Å²) in [6, 6.07) is 30.9. The zero-order valence-corrected chi connectivity index (χ0v) is 15.0. The Morgan fingerprint density at radius 3 is 2.15 bits per heavy atom.